The van der Waals surface area contributed by atoms with E-state index in [1.54, 1.807) is 7.11 Å². The van der Waals surface area contributed by atoms with Crippen molar-refractivity contribution in [2.75, 3.05) is 14.2 Å². The van der Waals surface area contributed by atoms with Crippen LogP contribution in [-0.4, -0.2) is 23.7 Å². The van der Waals surface area contributed by atoms with Crippen molar-refractivity contribution in [2.45, 2.75) is 20.4 Å². The van der Waals surface area contributed by atoms with Crippen LogP contribution < -0.4 is 10.1 Å². The maximum Gasteiger partial charge on any atom is 0.140 e. The van der Waals surface area contributed by atoms with Crippen molar-refractivity contribution >= 4 is 0 Å². The van der Waals surface area contributed by atoms with Gasteiger partial charge < -0.3 is 14.6 Å². The van der Waals surface area contributed by atoms with Gasteiger partial charge in [0.05, 0.1) is 18.5 Å². The van der Waals surface area contributed by atoms with E-state index in [9.17, 15) is 0 Å². The molecule has 0 radical (unpaired) electrons. The van der Waals surface area contributed by atoms with Crippen molar-refractivity contribution < 1.29 is 4.74 Å². The Morgan fingerprint density at radius 2 is 2.05 bits per heavy atom. The molecule has 1 N–H and O–H groups in total. The number of nitrogens with one attached hydrogen (secondary N) is 1. The van der Waals surface area contributed by atoms with Crippen LogP contribution in [-0.2, 0) is 13.6 Å². The van der Waals surface area contributed by atoms with Gasteiger partial charge in [0.1, 0.15) is 11.6 Å². The average molecular weight is 259 g/mol. The summed E-state index contributed by atoms with van der Waals surface area (Å²) in [7, 11) is 5.70. The quantitative estimate of drug-likeness (QED) is 0.916. The van der Waals surface area contributed by atoms with Gasteiger partial charge in [-0.25, -0.2) is 4.98 Å². The minimum absolute atomic E-state index is 0.824. The molecule has 0 saturated carbocycles. The lowest BCUT2D eigenvalue weighted by Crippen LogP contribution is -2.10. The Morgan fingerprint density at radius 3 is 2.63 bits per heavy atom. The minimum Gasteiger partial charge on any atom is -0.496 e. The summed E-state index contributed by atoms with van der Waals surface area (Å²) in [5.74, 6) is 1.90. The molecule has 0 aliphatic rings. The molecule has 0 saturated heterocycles. The van der Waals surface area contributed by atoms with Crippen molar-refractivity contribution in [1.29, 1.82) is 0 Å². The van der Waals surface area contributed by atoms with E-state index in [0.29, 0.717) is 0 Å². The molecule has 2 rings (SSSR count). The Balaban J connectivity index is 2.47. The Labute approximate surface area is 114 Å². The smallest absolute Gasteiger partial charge is 0.140 e. The van der Waals surface area contributed by atoms with Crippen LogP contribution in [0, 0.1) is 13.8 Å². The molecule has 0 aliphatic carbocycles. The first-order chi connectivity index (χ1) is 9.08. The largest absolute Gasteiger partial charge is 0.496 e. The summed E-state index contributed by atoms with van der Waals surface area (Å²) in [5, 5.41) is 3.18. The number of methoxy groups -OCH3 is 1. The van der Waals surface area contributed by atoms with Crippen LogP contribution in [0.4, 0.5) is 0 Å². The zero-order valence-electron chi connectivity index (χ0n) is 12.2. The fraction of sp³-hybridized carbons (Fsp3) is 0.400. The van der Waals surface area contributed by atoms with Crippen molar-refractivity contribution in [1.82, 2.24) is 14.9 Å². The van der Waals surface area contributed by atoms with Crippen LogP contribution in [0.1, 0.15) is 17.0 Å². The van der Waals surface area contributed by atoms with Crippen LogP contribution in [0.5, 0.6) is 5.75 Å². The Hall–Kier alpha value is -1.81. The van der Waals surface area contributed by atoms with Gasteiger partial charge in [-0.3, -0.25) is 0 Å². The van der Waals surface area contributed by atoms with Gasteiger partial charge in [0, 0.05) is 19.2 Å². The molecule has 1 heterocycles. The topological polar surface area (TPSA) is 39.1 Å². The molecule has 1 aromatic carbocycles. The molecule has 0 bridgehead atoms. The zero-order valence-corrected chi connectivity index (χ0v) is 12.2. The highest BCUT2D eigenvalue weighted by atomic mass is 16.5. The number of hydrogen-bond donors (Lipinski definition) is 1. The van der Waals surface area contributed by atoms with E-state index in [0.717, 1.165) is 34.9 Å². The summed E-state index contributed by atoms with van der Waals surface area (Å²) >= 11 is 0. The summed E-state index contributed by atoms with van der Waals surface area (Å²) in [6.45, 7) is 4.92. The van der Waals surface area contributed by atoms with Gasteiger partial charge in [-0.2, -0.15) is 0 Å². The van der Waals surface area contributed by atoms with Crippen molar-refractivity contribution in [2.24, 2.45) is 7.05 Å². The second-order valence-corrected chi connectivity index (χ2v) is 4.74. The third kappa shape index (κ3) is 2.49. The number of hydrogen-bond acceptors (Lipinski definition) is 3. The molecule has 19 heavy (non-hydrogen) atoms. The fourth-order valence-corrected chi connectivity index (χ4v) is 2.36. The molecule has 1 aromatic heterocycles. The average Bonchev–Trinajstić information content (AvgIpc) is 2.67. The van der Waals surface area contributed by atoms with Crippen LogP contribution in [0.25, 0.3) is 11.4 Å². The normalized spacial score (nSPS) is 10.8. The summed E-state index contributed by atoms with van der Waals surface area (Å²) < 4.78 is 7.44. The molecule has 0 aliphatic heterocycles. The molecule has 2 aromatic rings. The van der Waals surface area contributed by atoms with Gasteiger partial charge in [-0.05, 0) is 44.7 Å². The lowest BCUT2D eigenvalue weighted by molar-refractivity contribution is 0.412. The molecule has 0 spiro atoms. The minimum atomic E-state index is 0.824. The van der Waals surface area contributed by atoms with Crippen molar-refractivity contribution in [3.8, 4) is 17.1 Å². The lowest BCUT2D eigenvalue weighted by atomic mass is 10.1. The maximum absolute atomic E-state index is 5.30. The fourth-order valence-electron chi connectivity index (χ4n) is 2.36. The summed E-state index contributed by atoms with van der Waals surface area (Å²) in [4.78, 5) is 4.68. The molecule has 4 heteroatoms. The number of benzene rings is 1. The van der Waals surface area contributed by atoms with Gasteiger partial charge in [-0.15, -0.1) is 0 Å². The zero-order chi connectivity index (χ0) is 14.0. The summed E-state index contributed by atoms with van der Waals surface area (Å²) in [5.41, 5.74) is 4.52. The summed E-state index contributed by atoms with van der Waals surface area (Å²) in [6, 6.07) is 6.16. The number of ether oxygens (including phenoxy) is 1. The Bertz CT molecular complexity index is 587. The molecule has 0 unspecified atom stereocenters. The number of rotatable bonds is 4. The highest BCUT2D eigenvalue weighted by Gasteiger charge is 2.13. The number of aryl methyl sites for hydroxylation is 2. The van der Waals surface area contributed by atoms with Crippen LogP contribution >= 0.6 is 0 Å². The van der Waals surface area contributed by atoms with E-state index >= 15 is 0 Å². The van der Waals surface area contributed by atoms with Gasteiger partial charge in [0.2, 0.25) is 0 Å². The van der Waals surface area contributed by atoms with E-state index in [4.69, 9.17) is 4.74 Å². The van der Waals surface area contributed by atoms with E-state index in [1.807, 2.05) is 27.0 Å². The number of imidazole rings is 1. The van der Waals surface area contributed by atoms with Crippen molar-refractivity contribution in [3.63, 3.8) is 0 Å². The van der Waals surface area contributed by atoms with Crippen LogP contribution in [0.2, 0.25) is 0 Å². The molecule has 0 amide bonds. The highest BCUT2D eigenvalue weighted by Crippen LogP contribution is 2.26. The van der Waals surface area contributed by atoms with Crippen molar-refractivity contribution in [3.05, 3.63) is 35.2 Å². The molecule has 0 fully saturated rings. The Kier molecular flexibility index (Phi) is 3.90. The summed E-state index contributed by atoms with van der Waals surface area (Å²) in [6.07, 6.45) is 0. The second kappa shape index (κ2) is 5.45. The maximum atomic E-state index is 5.30. The highest BCUT2D eigenvalue weighted by molar-refractivity contribution is 5.60. The number of nitrogens with zero attached hydrogens (tertiary/aromatic N) is 2. The van der Waals surface area contributed by atoms with E-state index in [-0.39, 0.29) is 0 Å². The van der Waals surface area contributed by atoms with E-state index in [2.05, 4.69) is 34.0 Å². The van der Waals surface area contributed by atoms with Crippen LogP contribution in [0.3, 0.4) is 0 Å². The number of aromatic nitrogens is 2. The van der Waals surface area contributed by atoms with Gasteiger partial charge in [0.15, 0.2) is 0 Å². The van der Waals surface area contributed by atoms with Gasteiger partial charge in [0.25, 0.3) is 0 Å². The van der Waals surface area contributed by atoms with Gasteiger partial charge >= 0.3 is 0 Å². The molecular weight excluding hydrogens is 238 g/mol. The first-order valence-electron chi connectivity index (χ1n) is 6.40. The SMILES string of the molecule is CNCc1c(C)nc(-c2ccc(OC)c(C)c2)n1C. The van der Waals surface area contributed by atoms with E-state index < -0.39 is 0 Å². The third-order valence-corrected chi connectivity index (χ3v) is 3.41. The second-order valence-electron chi connectivity index (χ2n) is 4.74. The molecule has 4 nitrogen and oxygen atoms in total. The lowest BCUT2D eigenvalue weighted by Gasteiger charge is -2.09. The first kappa shape index (κ1) is 13.6. The Morgan fingerprint density at radius 1 is 1.32 bits per heavy atom. The predicted octanol–water partition coefficient (Wildman–Crippen LogP) is 2.43. The van der Waals surface area contributed by atoms with E-state index in [1.165, 1.54) is 5.69 Å². The monoisotopic (exact) mass is 259 g/mol. The third-order valence-electron chi connectivity index (χ3n) is 3.41. The van der Waals surface area contributed by atoms with Gasteiger partial charge in [-0.1, -0.05) is 0 Å². The molecule has 102 valence electrons. The van der Waals surface area contributed by atoms with Crippen LogP contribution in [0.15, 0.2) is 18.2 Å². The first-order valence-corrected chi connectivity index (χ1v) is 6.40. The predicted molar refractivity (Wildman–Crippen MR) is 77.4 cm³/mol. The molecular formula is C15H21N3O. The molecule has 0 atom stereocenters. The standard InChI is InChI=1S/C15H21N3O/c1-10-8-12(6-7-14(10)19-5)15-17-11(2)13(9-16-3)18(15)4/h6-8,16H,9H2,1-5H3.